The second kappa shape index (κ2) is 7.05. The van der Waals surface area contributed by atoms with E-state index < -0.39 is 0 Å². The minimum absolute atomic E-state index is 0.277. The summed E-state index contributed by atoms with van der Waals surface area (Å²) in [5.41, 5.74) is 7.12. The molecule has 0 fully saturated rings. The fourth-order valence-corrected chi connectivity index (χ4v) is 1.94. The molecule has 1 aromatic heterocycles. The van der Waals surface area contributed by atoms with Crippen LogP contribution in [0.1, 0.15) is 44.4 Å². The fourth-order valence-electron chi connectivity index (χ4n) is 1.94. The van der Waals surface area contributed by atoms with Gasteiger partial charge >= 0.3 is 0 Å². The lowest BCUT2D eigenvalue weighted by Gasteiger charge is -2.09. The first kappa shape index (κ1) is 13.7. The Bertz CT molecular complexity index is 346. The average Bonchev–Trinajstić information content (AvgIpc) is 2.28. The maximum absolute atomic E-state index is 10.7. The number of pyridine rings is 1. The maximum atomic E-state index is 10.7. The molecule has 17 heavy (non-hydrogen) atoms. The van der Waals surface area contributed by atoms with Crippen molar-refractivity contribution in [3.63, 3.8) is 0 Å². The lowest BCUT2D eigenvalue weighted by Crippen LogP contribution is -2.13. The number of aromatic nitrogens is 1. The molecule has 1 heterocycles. The molecule has 94 valence electrons. The Morgan fingerprint density at radius 1 is 1.41 bits per heavy atom. The SMILES string of the molecule is CCCC(C)CCc1ccc(CC(N)=O)cn1. The van der Waals surface area contributed by atoms with Crippen molar-refractivity contribution in [1.82, 2.24) is 4.98 Å². The smallest absolute Gasteiger partial charge is 0.221 e. The molecule has 0 aromatic carbocycles. The fraction of sp³-hybridized carbons (Fsp3) is 0.571. The van der Waals surface area contributed by atoms with Gasteiger partial charge in [0.15, 0.2) is 0 Å². The van der Waals surface area contributed by atoms with Crippen LogP contribution < -0.4 is 5.73 Å². The Morgan fingerprint density at radius 2 is 2.18 bits per heavy atom. The first-order chi connectivity index (χ1) is 8.11. The van der Waals surface area contributed by atoms with Crippen LogP contribution in [-0.4, -0.2) is 10.9 Å². The van der Waals surface area contributed by atoms with Gasteiger partial charge in [0.2, 0.25) is 5.91 Å². The Kier molecular flexibility index (Phi) is 5.67. The molecule has 2 N–H and O–H groups in total. The molecule has 1 rings (SSSR count). The van der Waals surface area contributed by atoms with Gasteiger partial charge in [-0.1, -0.05) is 32.8 Å². The van der Waals surface area contributed by atoms with E-state index in [1.807, 2.05) is 12.1 Å². The number of amides is 1. The van der Waals surface area contributed by atoms with E-state index in [2.05, 4.69) is 18.8 Å². The Morgan fingerprint density at radius 3 is 2.71 bits per heavy atom. The van der Waals surface area contributed by atoms with E-state index in [1.54, 1.807) is 6.20 Å². The Labute approximate surface area is 103 Å². The van der Waals surface area contributed by atoms with Crippen LogP contribution in [0.2, 0.25) is 0 Å². The van der Waals surface area contributed by atoms with Crippen molar-refractivity contribution in [3.05, 3.63) is 29.6 Å². The van der Waals surface area contributed by atoms with Crippen LogP contribution in [0.25, 0.3) is 0 Å². The highest BCUT2D eigenvalue weighted by atomic mass is 16.1. The monoisotopic (exact) mass is 234 g/mol. The highest BCUT2D eigenvalue weighted by molar-refractivity contribution is 5.76. The van der Waals surface area contributed by atoms with Crippen LogP contribution in [0, 0.1) is 5.92 Å². The van der Waals surface area contributed by atoms with Gasteiger partial charge in [0.25, 0.3) is 0 Å². The van der Waals surface area contributed by atoms with Gasteiger partial charge in [0, 0.05) is 11.9 Å². The van der Waals surface area contributed by atoms with Crippen molar-refractivity contribution in [3.8, 4) is 0 Å². The van der Waals surface area contributed by atoms with Gasteiger partial charge in [-0.3, -0.25) is 9.78 Å². The van der Waals surface area contributed by atoms with Crippen LogP contribution >= 0.6 is 0 Å². The predicted octanol–water partition coefficient (Wildman–Crippen LogP) is 2.48. The Hall–Kier alpha value is -1.38. The molecule has 3 heteroatoms. The van der Waals surface area contributed by atoms with Crippen LogP contribution in [0.3, 0.4) is 0 Å². The number of primary amides is 1. The molecule has 0 saturated heterocycles. The summed E-state index contributed by atoms with van der Waals surface area (Å²) in [5.74, 6) is 0.447. The Balaban J connectivity index is 2.42. The van der Waals surface area contributed by atoms with Crippen molar-refractivity contribution >= 4 is 5.91 Å². The van der Waals surface area contributed by atoms with Gasteiger partial charge in [0.05, 0.1) is 6.42 Å². The summed E-state index contributed by atoms with van der Waals surface area (Å²) in [4.78, 5) is 15.1. The number of carbonyl (C=O) groups excluding carboxylic acids is 1. The van der Waals surface area contributed by atoms with Gasteiger partial charge in [0.1, 0.15) is 0 Å². The lowest BCUT2D eigenvalue weighted by atomic mass is 9.99. The molecule has 0 aliphatic rings. The highest BCUT2D eigenvalue weighted by Crippen LogP contribution is 2.13. The molecule has 0 aliphatic carbocycles. The van der Waals surface area contributed by atoms with Crippen molar-refractivity contribution in [2.45, 2.75) is 46.0 Å². The van der Waals surface area contributed by atoms with Crippen molar-refractivity contribution < 1.29 is 4.79 Å². The van der Waals surface area contributed by atoms with Crippen LogP contribution in [0.15, 0.2) is 18.3 Å². The summed E-state index contributed by atoms with van der Waals surface area (Å²) in [6.07, 6.45) is 6.74. The van der Waals surface area contributed by atoms with E-state index in [-0.39, 0.29) is 12.3 Å². The maximum Gasteiger partial charge on any atom is 0.221 e. The molecule has 0 radical (unpaired) electrons. The minimum Gasteiger partial charge on any atom is -0.369 e. The minimum atomic E-state index is -0.309. The number of aryl methyl sites for hydroxylation is 1. The standard InChI is InChI=1S/C14H22N2O/c1-3-4-11(2)5-7-13-8-6-12(10-16-13)9-14(15)17/h6,8,10-11H,3-5,7,9H2,1-2H3,(H2,15,17). The summed E-state index contributed by atoms with van der Waals surface area (Å²) < 4.78 is 0. The topological polar surface area (TPSA) is 56.0 Å². The van der Waals surface area contributed by atoms with Gasteiger partial charge in [-0.15, -0.1) is 0 Å². The van der Waals surface area contributed by atoms with E-state index >= 15 is 0 Å². The summed E-state index contributed by atoms with van der Waals surface area (Å²) in [6.45, 7) is 4.50. The third-order valence-corrected chi connectivity index (χ3v) is 2.94. The molecular formula is C14H22N2O. The second-order valence-electron chi connectivity index (χ2n) is 4.73. The number of hydrogen-bond acceptors (Lipinski definition) is 2. The molecule has 0 saturated carbocycles. The molecule has 0 spiro atoms. The van der Waals surface area contributed by atoms with Gasteiger partial charge in [-0.05, 0) is 30.4 Å². The van der Waals surface area contributed by atoms with E-state index in [0.29, 0.717) is 0 Å². The van der Waals surface area contributed by atoms with E-state index in [4.69, 9.17) is 5.73 Å². The van der Waals surface area contributed by atoms with Crippen molar-refractivity contribution in [2.24, 2.45) is 11.7 Å². The summed E-state index contributed by atoms with van der Waals surface area (Å²) in [5, 5.41) is 0. The highest BCUT2D eigenvalue weighted by Gasteiger charge is 2.03. The number of nitrogens with two attached hydrogens (primary N) is 1. The zero-order valence-electron chi connectivity index (χ0n) is 10.8. The van der Waals surface area contributed by atoms with Gasteiger partial charge in [-0.25, -0.2) is 0 Å². The van der Waals surface area contributed by atoms with Crippen LogP contribution in [-0.2, 0) is 17.6 Å². The van der Waals surface area contributed by atoms with Gasteiger partial charge in [-0.2, -0.15) is 0 Å². The third-order valence-electron chi connectivity index (χ3n) is 2.94. The summed E-state index contributed by atoms with van der Waals surface area (Å²) in [7, 11) is 0. The normalized spacial score (nSPS) is 12.4. The molecule has 1 atom stereocenters. The quantitative estimate of drug-likeness (QED) is 0.788. The van der Waals surface area contributed by atoms with E-state index in [9.17, 15) is 4.79 Å². The summed E-state index contributed by atoms with van der Waals surface area (Å²) >= 11 is 0. The lowest BCUT2D eigenvalue weighted by molar-refractivity contribution is -0.117. The molecule has 1 unspecified atom stereocenters. The molecular weight excluding hydrogens is 212 g/mol. The van der Waals surface area contributed by atoms with Crippen molar-refractivity contribution in [2.75, 3.05) is 0 Å². The zero-order valence-corrected chi connectivity index (χ0v) is 10.8. The first-order valence-corrected chi connectivity index (χ1v) is 6.34. The molecule has 1 amide bonds. The van der Waals surface area contributed by atoms with E-state index in [1.165, 1.54) is 19.3 Å². The first-order valence-electron chi connectivity index (χ1n) is 6.34. The number of rotatable bonds is 7. The second-order valence-corrected chi connectivity index (χ2v) is 4.73. The third kappa shape index (κ3) is 5.48. The molecule has 1 aromatic rings. The predicted molar refractivity (Wildman–Crippen MR) is 69.5 cm³/mol. The van der Waals surface area contributed by atoms with Gasteiger partial charge < -0.3 is 5.73 Å². The number of hydrogen-bond donors (Lipinski definition) is 1. The largest absolute Gasteiger partial charge is 0.369 e. The number of carbonyl (C=O) groups is 1. The molecule has 3 nitrogen and oxygen atoms in total. The molecule has 0 aliphatic heterocycles. The van der Waals surface area contributed by atoms with Crippen LogP contribution in [0.4, 0.5) is 0 Å². The number of nitrogens with zero attached hydrogens (tertiary/aromatic N) is 1. The zero-order chi connectivity index (χ0) is 12.7. The average molecular weight is 234 g/mol. The molecule has 0 bridgehead atoms. The van der Waals surface area contributed by atoms with Crippen molar-refractivity contribution in [1.29, 1.82) is 0 Å². The summed E-state index contributed by atoms with van der Waals surface area (Å²) in [6, 6.07) is 3.94. The van der Waals surface area contributed by atoms with Crippen LogP contribution in [0.5, 0.6) is 0 Å². The van der Waals surface area contributed by atoms with E-state index in [0.717, 1.165) is 23.6 Å².